The van der Waals surface area contributed by atoms with Gasteiger partial charge in [-0.2, -0.15) is 5.10 Å². The lowest BCUT2D eigenvalue weighted by molar-refractivity contribution is -0.384. The molecule has 0 atom stereocenters. The Hall–Kier alpha value is -3.55. The molecular weight excluding hydrogens is 324 g/mol. The van der Waals surface area contributed by atoms with Gasteiger partial charge in [0.15, 0.2) is 0 Å². The third-order valence-electron chi connectivity index (χ3n) is 3.23. The molecular formula is C17H16N4O4. The first kappa shape index (κ1) is 17.8. The summed E-state index contributed by atoms with van der Waals surface area (Å²) in [5, 5.41) is 16.8. The molecule has 8 nitrogen and oxygen atoms in total. The molecule has 0 fully saturated rings. The molecule has 0 saturated carbocycles. The Labute approximate surface area is 143 Å². The van der Waals surface area contributed by atoms with Crippen LogP contribution in [0.25, 0.3) is 0 Å². The summed E-state index contributed by atoms with van der Waals surface area (Å²) in [6, 6.07) is 12.7. The highest BCUT2D eigenvalue weighted by Crippen LogP contribution is 2.11. The largest absolute Gasteiger partial charge is 0.343 e. The van der Waals surface area contributed by atoms with Crippen LogP contribution in [0, 0.1) is 17.0 Å². The van der Waals surface area contributed by atoms with Gasteiger partial charge in [-0.25, -0.2) is 5.43 Å². The number of amides is 2. The number of carbonyl (C=O) groups excluding carboxylic acids is 2. The normalized spacial score (nSPS) is 10.4. The van der Waals surface area contributed by atoms with Crippen molar-refractivity contribution >= 4 is 23.7 Å². The minimum absolute atomic E-state index is 0.111. The zero-order chi connectivity index (χ0) is 18.2. The molecule has 0 bridgehead atoms. The van der Waals surface area contributed by atoms with Crippen molar-refractivity contribution in [2.24, 2.45) is 5.10 Å². The second kappa shape index (κ2) is 8.34. The fourth-order valence-electron chi connectivity index (χ4n) is 1.87. The van der Waals surface area contributed by atoms with E-state index < -0.39 is 16.7 Å². The minimum atomic E-state index is -0.554. The van der Waals surface area contributed by atoms with Gasteiger partial charge in [-0.05, 0) is 24.6 Å². The Balaban J connectivity index is 1.79. The maximum Gasteiger partial charge on any atom is 0.269 e. The van der Waals surface area contributed by atoms with Crippen LogP contribution in [-0.2, 0) is 4.79 Å². The summed E-state index contributed by atoms with van der Waals surface area (Å²) in [6.45, 7) is 1.71. The number of nitro benzene ring substituents is 1. The average Bonchev–Trinajstić information content (AvgIpc) is 2.61. The first-order chi connectivity index (χ1) is 12.0. The molecule has 0 radical (unpaired) electrons. The van der Waals surface area contributed by atoms with E-state index in [0.29, 0.717) is 0 Å². The van der Waals surface area contributed by atoms with Crippen LogP contribution in [0.3, 0.4) is 0 Å². The number of aryl methyl sites for hydroxylation is 1. The molecule has 0 heterocycles. The summed E-state index contributed by atoms with van der Waals surface area (Å²) in [7, 11) is 0. The van der Waals surface area contributed by atoms with E-state index >= 15 is 0 Å². The van der Waals surface area contributed by atoms with Crippen molar-refractivity contribution in [3.05, 3.63) is 75.3 Å². The Morgan fingerprint density at radius 1 is 1.12 bits per heavy atom. The fraction of sp³-hybridized carbons (Fsp3) is 0.118. The second-order valence-corrected chi connectivity index (χ2v) is 5.19. The topological polar surface area (TPSA) is 114 Å². The lowest BCUT2D eigenvalue weighted by Gasteiger charge is -2.04. The van der Waals surface area contributed by atoms with Gasteiger partial charge in [0.05, 0.1) is 17.7 Å². The molecule has 0 saturated heterocycles. The molecule has 2 aromatic rings. The fourth-order valence-corrected chi connectivity index (χ4v) is 1.87. The molecule has 25 heavy (non-hydrogen) atoms. The van der Waals surface area contributed by atoms with Crippen LogP contribution < -0.4 is 10.7 Å². The van der Waals surface area contributed by atoms with Crippen LogP contribution in [0.15, 0.2) is 53.6 Å². The summed E-state index contributed by atoms with van der Waals surface area (Å²) in [4.78, 5) is 33.5. The van der Waals surface area contributed by atoms with Gasteiger partial charge in [-0.15, -0.1) is 0 Å². The van der Waals surface area contributed by atoms with Gasteiger partial charge in [-0.1, -0.05) is 29.8 Å². The molecule has 0 aliphatic rings. The molecule has 2 rings (SSSR count). The summed E-state index contributed by atoms with van der Waals surface area (Å²) in [6.07, 6.45) is 1.50. The number of rotatable bonds is 6. The third-order valence-corrected chi connectivity index (χ3v) is 3.23. The Morgan fingerprint density at radius 3 is 2.36 bits per heavy atom. The van der Waals surface area contributed by atoms with Crippen molar-refractivity contribution in [3.8, 4) is 0 Å². The molecule has 0 unspecified atom stereocenters. The average molecular weight is 340 g/mol. The summed E-state index contributed by atoms with van der Waals surface area (Å²) < 4.78 is 0. The predicted octanol–water partition coefficient (Wildman–Crippen LogP) is 1.78. The Bertz CT molecular complexity index is 798. The van der Waals surface area contributed by atoms with Crippen LogP contribution in [0.2, 0.25) is 0 Å². The SMILES string of the molecule is Cc1ccc(/C=N/NC(=O)CNC(=O)c2ccc([N+](=O)[O-])cc2)cc1. The van der Waals surface area contributed by atoms with E-state index in [1.165, 1.54) is 30.5 Å². The quantitative estimate of drug-likeness (QED) is 0.474. The first-order valence-corrected chi connectivity index (χ1v) is 7.37. The number of carbonyl (C=O) groups is 2. The van der Waals surface area contributed by atoms with Crippen LogP contribution in [0.5, 0.6) is 0 Å². The number of nitrogens with one attached hydrogen (secondary N) is 2. The van der Waals surface area contributed by atoms with Crippen LogP contribution in [0.4, 0.5) is 5.69 Å². The van der Waals surface area contributed by atoms with E-state index in [9.17, 15) is 19.7 Å². The van der Waals surface area contributed by atoms with Crippen LogP contribution in [-0.4, -0.2) is 29.5 Å². The lowest BCUT2D eigenvalue weighted by atomic mass is 10.2. The number of hydrogen-bond acceptors (Lipinski definition) is 5. The highest BCUT2D eigenvalue weighted by atomic mass is 16.6. The molecule has 8 heteroatoms. The number of benzene rings is 2. The zero-order valence-electron chi connectivity index (χ0n) is 13.4. The molecule has 0 aliphatic heterocycles. The van der Waals surface area contributed by atoms with Gasteiger partial charge in [0.25, 0.3) is 17.5 Å². The standard InChI is InChI=1S/C17H16N4O4/c1-12-2-4-13(5-3-12)10-19-20-16(22)11-18-17(23)14-6-8-15(9-7-14)21(24)25/h2-10H,11H2,1H3,(H,18,23)(H,20,22)/b19-10+. The number of nitrogens with zero attached hydrogens (tertiary/aromatic N) is 2. The van der Waals surface area contributed by atoms with E-state index in [1.54, 1.807) is 0 Å². The second-order valence-electron chi connectivity index (χ2n) is 5.19. The van der Waals surface area contributed by atoms with Crippen molar-refractivity contribution in [2.75, 3.05) is 6.54 Å². The Morgan fingerprint density at radius 2 is 1.76 bits per heavy atom. The van der Waals surface area contributed by atoms with E-state index in [1.807, 2.05) is 31.2 Å². The zero-order valence-corrected chi connectivity index (χ0v) is 13.4. The molecule has 2 N–H and O–H groups in total. The van der Waals surface area contributed by atoms with Crippen molar-refractivity contribution < 1.29 is 14.5 Å². The van der Waals surface area contributed by atoms with Gasteiger partial charge in [0.2, 0.25) is 0 Å². The Kier molecular flexibility index (Phi) is 5.94. The number of non-ortho nitro benzene ring substituents is 1. The van der Waals surface area contributed by atoms with Crippen LogP contribution in [0.1, 0.15) is 21.5 Å². The molecule has 2 amide bonds. The van der Waals surface area contributed by atoms with Gasteiger partial charge < -0.3 is 5.32 Å². The minimum Gasteiger partial charge on any atom is -0.343 e. The van der Waals surface area contributed by atoms with Crippen molar-refractivity contribution in [3.63, 3.8) is 0 Å². The third kappa shape index (κ3) is 5.54. The molecule has 0 aromatic heterocycles. The van der Waals surface area contributed by atoms with E-state index in [4.69, 9.17) is 0 Å². The monoisotopic (exact) mass is 340 g/mol. The van der Waals surface area contributed by atoms with E-state index in [2.05, 4.69) is 15.8 Å². The van der Waals surface area contributed by atoms with Gasteiger partial charge >= 0.3 is 0 Å². The van der Waals surface area contributed by atoms with Gasteiger partial charge in [0.1, 0.15) is 0 Å². The molecule has 0 aliphatic carbocycles. The van der Waals surface area contributed by atoms with Gasteiger partial charge in [0, 0.05) is 17.7 Å². The summed E-state index contributed by atoms with van der Waals surface area (Å²) in [5.41, 5.74) is 4.37. The van der Waals surface area contributed by atoms with E-state index in [0.717, 1.165) is 11.1 Å². The van der Waals surface area contributed by atoms with Gasteiger partial charge in [-0.3, -0.25) is 19.7 Å². The van der Waals surface area contributed by atoms with Crippen LogP contribution >= 0.6 is 0 Å². The maximum atomic E-state index is 11.9. The van der Waals surface area contributed by atoms with Crippen molar-refractivity contribution in [1.29, 1.82) is 0 Å². The lowest BCUT2D eigenvalue weighted by Crippen LogP contribution is -2.34. The molecule has 128 valence electrons. The summed E-state index contributed by atoms with van der Waals surface area (Å²) in [5.74, 6) is -0.994. The highest BCUT2D eigenvalue weighted by molar-refractivity contribution is 5.96. The first-order valence-electron chi connectivity index (χ1n) is 7.37. The number of nitro groups is 1. The predicted molar refractivity (Wildman–Crippen MR) is 92.3 cm³/mol. The molecule has 2 aromatic carbocycles. The highest BCUT2D eigenvalue weighted by Gasteiger charge is 2.10. The summed E-state index contributed by atoms with van der Waals surface area (Å²) >= 11 is 0. The number of hydrazone groups is 1. The maximum absolute atomic E-state index is 11.9. The van der Waals surface area contributed by atoms with Crippen molar-refractivity contribution in [1.82, 2.24) is 10.7 Å². The van der Waals surface area contributed by atoms with E-state index in [-0.39, 0.29) is 17.8 Å². The van der Waals surface area contributed by atoms with Crippen molar-refractivity contribution in [2.45, 2.75) is 6.92 Å². The number of hydrogen-bond donors (Lipinski definition) is 2. The smallest absolute Gasteiger partial charge is 0.269 e. The molecule has 0 spiro atoms.